The highest BCUT2D eigenvalue weighted by atomic mass is 19.1. The van der Waals surface area contributed by atoms with E-state index in [4.69, 9.17) is 4.74 Å². The maximum atomic E-state index is 13.6. The lowest BCUT2D eigenvalue weighted by Gasteiger charge is -2.14. The highest BCUT2D eigenvalue weighted by Crippen LogP contribution is 2.34. The summed E-state index contributed by atoms with van der Waals surface area (Å²) >= 11 is 0. The molecule has 140 valence electrons. The molecule has 0 radical (unpaired) electrons. The molecule has 5 heteroatoms. The van der Waals surface area contributed by atoms with Crippen molar-refractivity contribution in [3.8, 4) is 28.3 Å². The molecule has 0 saturated heterocycles. The van der Waals surface area contributed by atoms with E-state index in [1.54, 1.807) is 19.5 Å². The van der Waals surface area contributed by atoms with Crippen LogP contribution in [0.4, 0.5) is 8.78 Å². The first kappa shape index (κ1) is 17.9. The molecular formula is C23H18F2N2O. The molecule has 0 N–H and O–H groups in total. The summed E-state index contributed by atoms with van der Waals surface area (Å²) in [7, 11) is 1.61. The Morgan fingerprint density at radius 3 is 2.36 bits per heavy atom. The molecule has 4 aromatic rings. The van der Waals surface area contributed by atoms with Gasteiger partial charge in [0.25, 0.3) is 0 Å². The van der Waals surface area contributed by atoms with Crippen molar-refractivity contribution in [3.05, 3.63) is 96.3 Å². The number of hydrogen-bond donors (Lipinski definition) is 0. The summed E-state index contributed by atoms with van der Waals surface area (Å²) in [5.41, 5.74) is 3.46. The van der Waals surface area contributed by atoms with Crippen LogP contribution < -0.4 is 4.74 Å². The number of halogens is 2. The Bertz CT molecular complexity index is 1090. The van der Waals surface area contributed by atoms with E-state index in [1.807, 2.05) is 53.1 Å². The summed E-state index contributed by atoms with van der Waals surface area (Å²) in [6.45, 7) is 0.301. The van der Waals surface area contributed by atoms with E-state index in [2.05, 4.69) is 4.98 Å². The standard InChI is InChI=1S/C23H18F2N2O/c1-28-20-7-8-21(17-5-3-2-4-6-17)22(14-20)23-26-9-10-27(23)15-16-11-18(24)13-19(25)12-16/h2-14H,15H2,1H3. The van der Waals surface area contributed by atoms with Gasteiger partial charge in [0.2, 0.25) is 0 Å². The lowest BCUT2D eigenvalue weighted by atomic mass is 9.98. The molecule has 1 heterocycles. The van der Waals surface area contributed by atoms with Gasteiger partial charge in [-0.2, -0.15) is 0 Å². The highest BCUT2D eigenvalue weighted by molar-refractivity contribution is 5.81. The number of ether oxygens (including phenoxy) is 1. The van der Waals surface area contributed by atoms with Gasteiger partial charge in [-0.25, -0.2) is 13.8 Å². The molecule has 0 atom stereocenters. The predicted molar refractivity (Wildman–Crippen MR) is 105 cm³/mol. The van der Waals surface area contributed by atoms with Gasteiger partial charge in [-0.15, -0.1) is 0 Å². The zero-order valence-electron chi connectivity index (χ0n) is 15.3. The van der Waals surface area contributed by atoms with Crippen LogP contribution in [0.1, 0.15) is 5.56 Å². The monoisotopic (exact) mass is 376 g/mol. The molecule has 0 aliphatic heterocycles. The van der Waals surface area contributed by atoms with Crippen LogP contribution in [-0.4, -0.2) is 16.7 Å². The Morgan fingerprint density at radius 2 is 1.64 bits per heavy atom. The Labute approximate surface area is 161 Å². The van der Waals surface area contributed by atoms with E-state index in [-0.39, 0.29) is 0 Å². The number of hydrogen-bond acceptors (Lipinski definition) is 2. The Hall–Kier alpha value is -3.47. The molecule has 1 aromatic heterocycles. The van der Waals surface area contributed by atoms with E-state index in [0.29, 0.717) is 23.7 Å². The number of imidazole rings is 1. The van der Waals surface area contributed by atoms with Gasteiger partial charge in [0.15, 0.2) is 0 Å². The third-order valence-corrected chi connectivity index (χ3v) is 4.54. The first-order valence-electron chi connectivity index (χ1n) is 8.84. The second-order valence-electron chi connectivity index (χ2n) is 6.43. The van der Waals surface area contributed by atoms with E-state index in [9.17, 15) is 8.78 Å². The van der Waals surface area contributed by atoms with Crippen LogP contribution >= 0.6 is 0 Å². The van der Waals surface area contributed by atoms with Crippen molar-refractivity contribution in [1.82, 2.24) is 9.55 Å². The third-order valence-electron chi connectivity index (χ3n) is 4.54. The molecule has 0 unspecified atom stereocenters. The minimum atomic E-state index is -0.594. The van der Waals surface area contributed by atoms with Crippen molar-refractivity contribution in [2.24, 2.45) is 0 Å². The predicted octanol–water partition coefficient (Wildman–Crippen LogP) is 5.55. The fourth-order valence-corrected chi connectivity index (χ4v) is 3.28. The van der Waals surface area contributed by atoms with Gasteiger partial charge in [0, 0.05) is 30.6 Å². The summed E-state index contributed by atoms with van der Waals surface area (Å²) in [6, 6.07) is 19.3. The molecule has 0 bridgehead atoms. The summed E-state index contributed by atoms with van der Waals surface area (Å²) in [6.07, 6.45) is 3.48. The molecule has 4 rings (SSSR count). The van der Waals surface area contributed by atoms with Crippen molar-refractivity contribution in [2.45, 2.75) is 6.54 Å². The van der Waals surface area contributed by atoms with Gasteiger partial charge < -0.3 is 9.30 Å². The minimum absolute atomic E-state index is 0.301. The van der Waals surface area contributed by atoms with Crippen LogP contribution in [0.25, 0.3) is 22.5 Å². The second kappa shape index (κ2) is 7.64. The lowest BCUT2D eigenvalue weighted by Crippen LogP contribution is -2.03. The largest absolute Gasteiger partial charge is 0.497 e. The van der Waals surface area contributed by atoms with E-state index in [0.717, 1.165) is 22.8 Å². The van der Waals surface area contributed by atoms with Crippen molar-refractivity contribution in [2.75, 3.05) is 7.11 Å². The molecule has 0 saturated carbocycles. The fourth-order valence-electron chi connectivity index (χ4n) is 3.28. The second-order valence-corrected chi connectivity index (χ2v) is 6.43. The van der Waals surface area contributed by atoms with Crippen molar-refractivity contribution >= 4 is 0 Å². The number of aromatic nitrogens is 2. The van der Waals surface area contributed by atoms with Crippen molar-refractivity contribution in [1.29, 1.82) is 0 Å². The van der Waals surface area contributed by atoms with Gasteiger partial charge in [-0.3, -0.25) is 0 Å². The minimum Gasteiger partial charge on any atom is -0.497 e. The first-order valence-corrected chi connectivity index (χ1v) is 8.84. The fraction of sp³-hybridized carbons (Fsp3) is 0.0870. The van der Waals surface area contributed by atoms with Crippen LogP contribution in [0.15, 0.2) is 79.1 Å². The van der Waals surface area contributed by atoms with Crippen LogP contribution in [0.2, 0.25) is 0 Å². The van der Waals surface area contributed by atoms with Gasteiger partial charge in [-0.1, -0.05) is 30.3 Å². The molecule has 3 nitrogen and oxygen atoms in total. The van der Waals surface area contributed by atoms with Crippen LogP contribution in [0, 0.1) is 11.6 Å². The molecule has 0 amide bonds. The molecule has 0 spiro atoms. The Morgan fingerprint density at radius 1 is 0.893 bits per heavy atom. The maximum absolute atomic E-state index is 13.6. The summed E-state index contributed by atoms with van der Waals surface area (Å²) in [5, 5.41) is 0. The van der Waals surface area contributed by atoms with E-state index >= 15 is 0 Å². The zero-order chi connectivity index (χ0) is 19.5. The van der Waals surface area contributed by atoms with Crippen molar-refractivity contribution < 1.29 is 13.5 Å². The summed E-state index contributed by atoms with van der Waals surface area (Å²) in [5.74, 6) is 0.217. The first-order chi connectivity index (χ1) is 13.6. The van der Waals surface area contributed by atoms with Gasteiger partial charge in [0.05, 0.1) is 7.11 Å². The lowest BCUT2D eigenvalue weighted by molar-refractivity contribution is 0.415. The van der Waals surface area contributed by atoms with Gasteiger partial charge in [-0.05, 0) is 47.0 Å². The average Bonchev–Trinajstić information content (AvgIpc) is 3.15. The van der Waals surface area contributed by atoms with Crippen molar-refractivity contribution in [3.63, 3.8) is 0 Å². The number of methoxy groups -OCH3 is 1. The molecule has 28 heavy (non-hydrogen) atoms. The molecule has 0 fully saturated rings. The summed E-state index contributed by atoms with van der Waals surface area (Å²) in [4.78, 5) is 4.51. The maximum Gasteiger partial charge on any atom is 0.140 e. The average molecular weight is 376 g/mol. The molecule has 3 aromatic carbocycles. The molecule has 0 aliphatic carbocycles. The van der Waals surface area contributed by atoms with Crippen LogP contribution in [-0.2, 0) is 6.54 Å². The van der Waals surface area contributed by atoms with Gasteiger partial charge in [0.1, 0.15) is 23.2 Å². The summed E-state index contributed by atoms with van der Waals surface area (Å²) < 4.78 is 34.4. The van der Waals surface area contributed by atoms with Gasteiger partial charge >= 0.3 is 0 Å². The van der Waals surface area contributed by atoms with E-state index in [1.165, 1.54) is 12.1 Å². The Balaban J connectivity index is 1.81. The highest BCUT2D eigenvalue weighted by Gasteiger charge is 2.14. The zero-order valence-corrected chi connectivity index (χ0v) is 15.3. The topological polar surface area (TPSA) is 27.1 Å². The third kappa shape index (κ3) is 3.64. The number of benzene rings is 3. The number of rotatable bonds is 5. The van der Waals surface area contributed by atoms with E-state index < -0.39 is 11.6 Å². The van der Waals surface area contributed by atoms with Crippen LogP contribution in [0.5, 0.6) is 5.75 Å². The molecular weight excluding hydrogens is 358 g/mol. The Kier molecular flexibility index (Phi) is 4.89. The van der Waals surface area contributed by atoms with Crippen LogP contribution in [0.3, 0.4) is 0 Å². The number of nitrogens with zero attached hydrogens (tertiary/aromatic N) is 2. The quantitative estimate of drug-likeness (QED) is 0.456. The SMILES string of the molecule is COc1ccc(-c2ccccc2)c(-c2nccn2Cc2cc(F)cc(F)c2)c1. The normalized spacial score (nSPS) is 10.8. The molecule has 0 aliphatic rings. The smallest absolute Gasteiger partial charge is 0.140 e.